The molecule has 5 heteroatoms. The van der Waals surface area contributed by atoms with E-state index in [0.717, 1.165) is 40.6 Å². The quantitative estimate of drug-likeness (QED) is 0.718. The van der Waals surface area contributed by atoms with Crippen molar-refractivity contribution in [1.82, 2.24) is 14.7 Å². The first-order valence-corrected chi connectivity index (χ1v) is 9.35. The normalized spacial score (nSPS) is 15.8. The Morgan fingerprint density at radius 3 is 2.68 bits per heavy atom. The van der Waals surface area contributed by atoms with Crippen LogP contribution in [0.2, 0.25) is 0 Å². The number of hydrogen-bond acceptors (Lipinski definition) is 2. The predicted octanol–water partition coefficient (Wildman–Crippen LogP) is 4.14. The third kappa shape index (κ3) is 3.09. The van der Waals surface area contributed by atoms with Gasteiger partial charge >= 0.3 is 0 Å². The molecule has 4 nitrogen and oxygen atoms in total. The molecule has 128 valence electrons. The SMILES string of the molecule is Cc1cccn2cc(CC(=O)NC3(c4ccc(Br)cc4)CCC3)nc12. The number of nitrogens with one attached hydrogen (secondary N) is 1. The van der Waals surface area contributed by atoms with E-state index in [0.29, 0.717) is 6.42 Å². The maximum Gasteiger partial charge on any atom is 0.226 e. The summed E-state index contributed by atoms with van der Waals surface area (Å²) in [5.41, 5.74) is 3.79. The lowest BCUT2D eigenvalue weighted by Crippen LogP contribution is -2.51. The van der Waals surface area contributed by atoms with Crippen molar-refractivity contribution in [1.29, 1.82) is 0 Å². The summed E-state index contributed by atoms with van der Waals surface area (Å²) in [7, 11) is 0. The predicted molar refractivity (Wildman–Crippen MR) is 101 cm³/mol. The molecule has 1 aliphatic carbocycles. The summed E-state index contributed by atoms with van der Waals surface area (Å²) in [4.78, 5) is 17.3. The lowest BCUT2D eigenvalue weighted by atomic mass is 9.71. The molecule has 2 heterocycles. The molecule has 1 aromatic carbocycles. The second-order valence-corrected chi connectivity index (χ2v) is 7.74. The second kappa shape index (κ2) is 6.30. The fraction of sp³-hybridized carbons (Fsp3) is 0.300. The van der Waals surface area contributed by atoms with Gasteiger partial charge in [-0.1, -0.05) is 34.1 Å². The van der Waals surface area contributed by atoms with E-state index >= 15 is 0 Å². The second-order valence-electron chi connectivity index (χ2n) is 6.82. The Morgan fingerprint density at radius 1 is 1.28 bits per heavy atom. The summed E-state index contributed by atoms with van der Waals surface area (Å²) in [6.07, 6.45) is 7.33. The number of amides is 1. The van der Waals surface area contributed by atoms with Crippen LogP contribution in [-0.4, -0.2) is 15.3 Å². The van der Waals surface area contributed by atoms with Crippen molar-refractivity contribution in [2.45, 2.75) is 38.1 Å². The molecule has 3 aromatic rings. The summed E-state index contributed by atoms with van der Waals surface area (Å²) < 4.78 is 3.03. The molecule has 4 rings (SSSR count). The highest BCUT2D eigenvalue weighted by Gasteiger charge is 2.39. The van der Waals surface area contributed by atoms with E-state index in [4.69, 9.17) is 0 Å². The first kappa shape index (κ1) is 16.3. The number of fused-ring (bicyclic) bond motifs is 1. The van der Waals surface area contributed by atoms with Gasteiger partial charge in [0.05, 0.1) is 17.7 Å². The number of nitrogens with zero attached hydrogens (tertiary/aromatic N) is 2. The zero-order chi connectivity index (χ0) is 17.4. The molecule has 0 saturated heterocycles. The minimum absolute atomic E-state index is 0.0312. The van der Waals surface area contributed by atoms with Gasteiger partial charge in [-0.3, -0.25) is 4.79 Å². The van der Waals surface area contributed by atoms with E-state index in [-0.39, 0.29) is 11.4 Å². The van der Waals surface area contributed by atoms with Crippen LogP contribution >= 0.6 is 15.9 Å². The number of imidazole rings is 1. The van der Waals surface area contributed by atoms with Crippen LogP contribution in [0, 0.1) is 6.92 Å². The molecule has 2 aromatic heterocycles. The molecule has 1 fully saturated rings. The van der Waals surface area contributed by atoms with Gasteiger partial charge in [0.2, 0.25) is 5.91 Å². The molecule has 0 radical (unpaired) electrons. The number of rotatable bonds is 4. The van der Waals surface area contributed by atoms with Gasteiger partial charge < -0.3 is 9.72 Å². The topological polar surface area (TPSA) is 46.4 Å². The fourth-order valence-corrected chi connectivity index (χ4v) is 3.81. The molecule has 0 spiro atoms. The average Bonchev–Trinajstić information content (AvgIpc) is 2.96. The third-order valence-corrected chi connectivity index (χ3v) is 5.58. The number of aromatic nitrogens is 2. The van der Waals surface area contributed by atoms with Crippen molar-refractivity contribution in [2.24, 2.45) is 0 Å². The van der Waals surface area contributed by atoms with E-state index < -0.39 is 0 Å². The lowest BCUT2D eigenvalue weighted by Gasteiger charge is -2.43. The number of halogens is 1. The Kier molecular flexibility index (Phi) is 4.12. The molecule has 0 unspecified atom stereocenters. The number of pyridine rings is 1. The van der Waals surface area contributed by atoms with Gasteiger partial charge in [-0.05, 0) is 55.5 Å². The van der Waals surface area contributed by atoms with Crippen molar-refractivity contribution < 1.29 is 4.79 Å². The first-order valence-electron chi connectivity index (χ1n) is 8.56. The lowest BCUT2D eigenvalue weighted by molar-refractivity contribution is -0.123. The van der Waals surface area contributed by atoms with Crippen LogP contribution in [0.4, 0.5) is 0 Å². The summed E-state index contributed by atoms with van der Waals surface area (Å²) in [6, 6.07) is 12.3. The molecule has 1 N–H and O–H groups in total. The Labute approximate surface area is 155 Å². The highest BCUT2D eigenvalue weighted by atomic mass is 79.9. The molecule has 0 aliphatic heterocycles. The molecule has 1 aliphatic rings. The van der Waals surface area contributed by atoms with E-state index in [1.807, 2.05) is 48.0 Å². The fourth-order valence-electron chi connectivity index (χ4n) is 3.55. The zero-order valence-electron chi connectivity index (χ0n) is 14.1. The minimum atomic E-state index is -0.215. The van der Waals surface area contributed by atoms with Crippen molar-refractivity contribution >= 4 is 27.5 Å². The van der Waals surface area contributed by atoms with Gasteiger partial charge in [-0.15, -0.1) is 0 Å². The van der Waals surface area contributed by atoms with Crippen molar-refractivity contribution in [3.63, 3.8) is 0 Å². The number of carbonyl (C=O) groups is 1. The van der Waals surface area contributed by atoms with Gasteiger partial charge in [-0.2, -0.15) is 0 Å². The summed E-state index contributed by atoms with van der Waals surface area (Å²) in [6.45, 7) is 2.03. The highest BCUT2D eigenvalue weighted by molar-refractivity contribution is 9.10. The van der Waals surface area contributed by atoms with Gasteiger partial charge in [0, 0.05) is 16.9 Å². The molecule has 0 atom stereocenters. The van der Waals surface area contributed by atoms with Gasteiger partial charge in [0.15, 0.2) is 0 Å². The first-order chi connectivity index (χ1) is 12.1. The van der Waals surface area contributed by atoms with E-state index in [2.05, 4.69) is 38.4 Å². The number of benzene rings is 1. The molecule has 25 heavy (non-hydrogen) atoms. The Morgan fingerprint density at radius 2 is 2.04 bits per heavy atom. The monoisotopic (exact) mass is 397 g/mol. The highest BCUT2D eigenvalue weighted by Crippen LogP contribution is 2.41. The Bertz CT molecular complexity index is 926. The van der Waals surface area contributed by atoms with E-state index in [1.165, 1.54) is 5.56 Å². The standard InChI is InChI=1S/C20H20BrN3O/c1-14-4-2-11-24-13-17(22-19(14)24)12-18(25)23-20(9-3-10-20)15-5-7-16(21)8-6-15/h2,4-8,11,13H,3,9-10,12H2,1H3,(H,23,25). The van der Waals surface area contributed by atoms with Crippen LogP contribution < -0.4 is 5.32 Å². The van der Waals surface area contributed by atoms with Crippen LogP contribution in [0.5, 0.6) is 0 Å². The molecule has 0 bridgehead atoms. The number of aryl methyl sites for hydroxylation is 1. The van der Waals surface area contributed by atoms with Gasteiger partial charge in [0.25, 0.3) is 0 Å². The van der Waals surface area contributed by atoms with Crippen molar-refractivity contribution in [3.05, 3.63) is 70.1 Å². The third-order valence-electron chi connectivity index (χ3n) is 5.05. The summed E-state index contributed by atoms with van der Waals surface area (Å²) >= 11 is 3.47. The molecular weight excluding hydrogens is 378 g/mol. The Balaban J connectivity index is 1.52. The largest absolute Gasteiger partial charge is 0.346 e. The van der Waals surface area contributed by atoms with Crippen LogP contribution in [0.15, 0.2) is 53.3 Å². The maximum absolute atomic E-state index is 12.7. The van der Waals surface area contributed by atoms with Crippen LogP contribution in [-0.2, 0) is 16.8 Å². The van der Waals surface area contributed by atoms with Crippen LogP contribution in [0.3, 0.4) is 0 Å². The van der Waals surface area contributed by atoms with Gasteiger partial charge in [-0.25, -0.2) is 4.98 Å². The Hall–Kier alpha value is -2.14. The minimum Gasteiger partial charge on any atom is -0.346 e. The van der Waals surface area contributed by atoms with Crippen molar-refractivity contribution in [3.8, 4) is 0 Å². The molecule has 1 amide bonds. The smallest absolute Gasteiger partial charge is 0.226 e. The number of carbonyl (C=O) groups excluding carboxylic acids is 1. The summed E-state index contributed by atoms with van der Waals surface area (Å²) in [5.74, 6) is 0.0312. The van der Waals surface area contributed by atoms with Crippen LogP contribution in [0.1, 0.15) is 36.1 Å². The maximum atomic E-state index is 12.7. The van der Waals surface area contributed by atoms with E-state index in [9.17, 15) is 4.79 Å². The zero-order valence-corrected chi connectivity index (χ0v) is 15.7. The summed E-state index contributed by atoms with van der Waals surface area (Å²) in [5, 5.41) is 3.27. The van der Waals surface area contributed by atoms with E-state index in [1.54, 1.807) is 0 Å². The van der Waals surface area contributed by atoms with Crippen molar-refractivity contribution in [2.75, 3.05) is 0 Å². The van der Waals surface area contributed by atoms with Gasteiger partial charge in [0.1, 0.15) is 5.65 Å². The molecule has 1 saturated carbocycles. The molecular formula is C20H20BrN3O. The number of hydrogen-bond donors (Lipinski definition) is 1. The average molecular weight is 398 g/mol. The van der Waals surface area contributed by atoms with Crippen LogP contribution in [0.25, 0.3) is 5.65 Å².